The Morgan fingerprint density at radius 3 is 2.57 bits per heavy atom. The topological polar surface area (TPSA) is 39.2 Å². The third kappa shape index (κ3) is 2.88. The summed E-state index contributed by atoms with van der Waals surface area (Å²) in [6.07, 6.45) is 3.12. The monoisotopic (exact) mass is 195 g/mol. The quantitative estimate of drug-likeness (QED) is 0.783. The summed E-state index contributed by atoms with van der Waals surface area (Å²) in [6, 6.07) is 4.09. The van der Waals surface area contributed by atoms with Crippen LogP contribution in [0.25, 0.3) is 0 Å². The van der Waals surface area contributed by atoms with Crippen molar-refractivity contribution in [1.29, 1.82) is 0 Å². The number of aryl methyl sites for hydroxylation is 1. The minimum absolute atomic E-state index is 0.0604. The molecule has 0 radical (unpaired) electrons. The molecule has 0 aromatic carbocycles. The van der Waals surface area contributed by atoms with E-state index >= 15 is 0 Å². The van der Waals surface area contributed by atoms with E-state index in [1.165, 1.54) is 6.42 Å². The van der Waals surface area contributed by atoms with Crippen LogP contribution in [0.5, 0.6) is 0 Å². The molecule has 0 saturated heterocycles. The minimum atomic E-state index is 0.0604. The van der Waals surface area contributed by atoms with Crippen molar-refractivity contribution in [3.05, 3.63) is 23.7 Å². The molecule has 1 aromatic heterocycles. The fourth-order valence-corrected chi connectivity index (χ4v) is 1.50. The number of hydrogen-bond acceptors (Lipinski definition) is 2. The first-order valence-corrected chi connectivity index (χ1v) is 5.51. The van der Waals surface area contributed by atoms with Crippen molar-refractivity contribution in [1.82, 2.24) is 0 Å². The van der Waals surface area contributed by atoms with Gasteiger partial charge in [0.2, 0.25) is 0 Å². The smallest absolute Gasteiger partial charge is 0.120 e. The van der Waals surface area contributed by atoms with E-state index in [-0.39, 0.29) is 6.04 Å². The van der Waals surface area contributed by atoms with Crippen molar-refractivity contribution in [3.8, 4) is 0 Å². The molecule has 2 atom stereocenters. The number of nitrogens with two attached hydrogens (primary N) is 1. The molecule has 0 saturated carbocycles. The standard InChI is InChI=1S/C12H21NO/c1-4-9(3)8-11(13)12-7-6-10(5-2)14-12/h6-7,9,11H,4-5,8,13H2,1-3H3. The average molecular weight is 195 g/mol. The maximum atomic E-state index is 6.05. The van der Waals surface area contributed by atoms with E-state index in [0.717, 1.165) is 24.4 Å². The highest BCUT2D eigenvalue weighted by atomic mass is 16.3. The fourth-order valence-electron chi connectivity index (χ4n) is 1.50. The largest absolute Gasteiger partial charge is 0.464 e. The van der Waals surface area contributed by atoms with E-state index in [9.17, 15) is 0 Å². The lowest BCUT2D eigenvalue weighted by atomic mass is 9.99. The molecule has 0 amide bonds. The summed E-state index contributed by atoms with van der Waals surface area (Å²) < 4.78 is 5.61. The molecule has 0 spiro atoms. The molecule has 0 aliphatic rings. The Morgan fingerprint density at radius 2 is 2.07 bits per heavy atom. The Balaban J connectivity index is 2.55. The highest BCUT2D eigenvalue weighted by Gasteiger charge is 2.13. The van der Waals surface area contributed by atoms with Gasteiger partial charge in [0.05, 0.1) is 6.04 Å². The van der Waals surface area contributed by atoms with E-state index in [2.05, 4.69) is 20.8 Å². The van der Waals surface area contributed by atoms with Crippen LogP contribution in [-0.2, 0) is 6.42 Å². The van der Waals surface area contributed by atoms with Crippen molar-refractivity contribution in [3.63, 3.8) is 0 Å². The van der Waals surface area contributed by atoms with E-state index in [4.69, 9.17) is 10.2 Å². The number of rotatable bonds is 5. The maximum Gasteiger partial charge on any atom is 0.120 e. The zero-order chi connectivity index (χ0) is 10.6. The fraction of sp³-hybridized carbons (Fsp3) is 0.667. The van der Waals surface area contributed by atoms with Crippen LogP contribution in [0.3, 0.4) is 0 Å². The lowest BCUT2D eigenvalue weighted by Gasteiger charge is -2.13. The molecule has 0 fully saturated rings. The molecule has 0 bridgehead atoms. The van der Waals surface area contributed by atoms with Crippen molar-refractivity contribution in [2.75, 3.05) is 0 Å². The maximum absolute atomic E-state index is 6.05. The third-order valence-electron chi connectivity index (χ3n) is 2.75. The first kappa shape index (κ1) is 11.3. The number of hydrogen-bond donors (Lipinski definition) is 1. The summed E-state index contributed by atoms with van der Waals surface area (Å²) in [6.45, 7) is 6.50. The van der Waals surface area contributed by atoms with Gasteiger partial charge in [-0.25, -0.2) is 0 Å². The second-order valence-corrected chi connectivity index (χ2v) is 4.01. The molecule has 2 unspecified atom stereocenters. The lowest BCUT2D eigenvalue weighted by Crippen LogP contribution is -2.12. The summed E-state index contributed by atoms with van der Waals surface area (Å²) in [5, 5.41) is 0. The van der Waals surface area contributed by atoms with E-state index in [1.807, 2.05) is 12.1 Å². The second-order valence-electron chi connectivity index (χ2n) is 4.01. The molecular weight excluding hydrogens is 174 g/mol. The van der Waals surface area contributed by atoms with Crippen LogP contribution in [0.1, 0.15) is 51.2 Å². The molecule has 1 heterocycles. The van der Waals surface area contributed by atoms with Crippen LogP contribution in [0.4, 0.5) is 0 Å². The van der Waals surface area contributed by atoms with Crippen LogP contribution in [-0.4, -0.2) is 0 Å². The van der Waals surface area contributed by atoms with Crippen molar-refractivity contribution >= 4 is 0 Å². The van der Waals surface area contributed by atoms with Gasteiger partial charge in [-0.3, -0.25) is 0 Å². The molecule has 14 heavy (non-hydrogen) atoms. The molecule has 2 nitrogen and oxygen atoms in total. The molecule has 0 aliphatic heterocycles. The van der Waals surface area contributed by atoms with Gasteiger partial charge in [0, 0.05) is 6.42 Å². The molecule has 2 N–H and O–H groups in total. The summed E-state index contributed by atoms with van der Waals surface area (Å²) in [4.78, 5) is 0. The predicted octanol–water partition coefficient (Wildman–Crippen LogP) is 3.28. The lowest BCUT2D eigenvalue weighted by molar-refractivity contribution is 0.383. The first-order chi connectivity index (χ1) is 6.67. The van der Waals surface area contributed by atoms with Crippen molar-refractivity contribution in [2.45, 2.75) is 46.1 Å². The van der Waals surface area contributed by atoms with Crippen LogP contribution >= 0.6 is 0 Å². The zero-order valence-corrected chi connectivity index (χ0v) is 9.42. The normalized spacial score (nSPS) is 15.4. The van der Waals surface area contributed by atoms with E-state index < -0.39 is 0 Å². The average Bonchev–Trinajstić information content (AvgIpc) is 2.65. The van der Waals surface area contributed by atoms with Gasteiger partial charge >= 0.3 is 0 Å². The molecule has 2 heteroatoms. The van der Waals surface area contributed by atoms with Gasteiger partial charge in [-0.15, -0.1) is 0 Å². The van der Waals surface area contributed by atoms with Crippen LogP contribution in [0, 0.1) is 5.92 Å². The Bertz CT molecular complexity index is 267. The SMILES string of the molecule is CCc1ccc(C(N)CC(C)CC)o1. The molecular formula is C12H21NO. The Kier molecular flexibility index (Phi) is 4.21. The van der Waals surface area contributed by atoms with Crippen molar-refractivity contribution in [2.24, 2.45) is 11.7 Å². The number of furan rings is 1. The summed E-state index contributed by atoms with van der Waals surface area (Å²) in [5.41, 5.74) is 6.05. The Hall–Kier alpha value is -0.760. The molecule has 80 valence electrons. The summed E-state index contributed by atoms with van der Waals surface area (Å²) in [5.74, 6) is 2.63. The van der Waals surface area contributed by atoms with Gasteiger partial charge in [0.1, 0.15) is 11.5 Å². The highest BCUT2D eigenvalue weighted by molar-refractivity contribution is 5.10. The third-order valence-corrected chi connectivity index (χ3v) is 2.75. The van der Waals surface area contributed by atoms with Gasteiger partial charge in [-0.05, 0) is 24.5 Å². The second kappa shape index (κ2) is 5.20. The van der Waals surface area contributed by atoms with Crippen molar-refractivity contribution < 1.29 is 4.42 Å². The van der Waals surface area contributed by atoms with Crippen LogP contribution < -0.4 is 5.73 Å². The molecule has 1 rings (SSSR count). The zero-order valence-electron chi connectivity index (χ0n) is 9.42. The minimum Gasteiger partial charge on any atom is -0.464 e. The van der Waals surface area contributed by atoms with Crippen LogP contribution in [0.2, 0.25) is 0 Å². The van der Waals surface area contributed by atoms with Gasteiger partial charge in [-0.1, -0.05) is 27.2 Å². The Morgan fingerprint density at radius 1 is 1.36 bits per heavy atom. The first-order valence-electron chi connectivity index (χ1n) is 5.51. The van der Waals surface area contributed by atoms with E-state index in [1.54, 1.807) is 0 Å². The van der Waals surface area contributed by atoms with Gasteiger partial charge in [0.15, 0.2) is 0 Å². The van der Waals surface area contributed by atoms with Gasteiger partial charge < -0.3 is 10.2 Å². The van der Waals surface area contributed by atoms with E-state index in [0.29, 0.717) is 5.92 Å². The highest BCUT2D eigenvalue weighted by Crippen LogP contribution is 2.22. The Labute approximate surface area is 86.5 Å². The van der Waals surface area contributed by atoms with Gasteiger partial charge in [-0.2, -0.15) is 0 Å². The summed E-state index contributed by atoms with van der Waals surface area (Å²) in [7, 11) is 0. The summed E-state index contributed by atoms with van der Waals surface area (Å²) >= 11 is 0. The van der Waals surface area contributed by atoms with Gasteiger partial charge in [0.25, 0.3) is 0 Å². The predicted molar refractivity (Wildman–Crippen MR) is 59.1 cm³/mol. The molecule has 0 aliphatic carbocycles. The van der Waals surface area contributed by atoms with Crippen LogP contribution in [0.15, 0.2) is 16.5 Å². The molecule has 1 aromatic rings.